The molecule has 3 aliphatic rings. The van der Waals surface area contributed by atoms with Gasteiger partial charge in [-0.1, -0.05) is 36.4 Å². The topological polar surface area (TPSA) is 94.3 Å². The molecule has 2 saturated heterocycles. The fraction of sp³-hybridized carbons (Fsp3) is 0.424. The zero-order chi connectivity index (χ0) is 28.9. The highest BCUT2D eigenvalue weighted by Crippen LogP contribution is 2.39. The van der Waals surface area contributed by atoms with Gasteiger partial charge in [0.2, 0.25) is 0 Å². The maximum Gasteiger partial charge on any atom is 0.146 e. The van der Waals surface area contributed by atoms with Gasteiger partial charge in [-0.3, -0.25) is 0 Å². The van der Waals surface area contributed by atoms with Gasteiger partial charge >= 0.3 is 0 Å². The van der Waals surface area contributed by atoms with Crippen molar-refractivity contribution in [3.8, 4) is 6.07 Å². The molecule has 0 bridgehead atoms. The van der Waals surface area contributed by atoms with Gasteiger partial charge in [0.15, 0.2) is 0 Å². The molecule has 0 atom stereocenters. The maximum atomic E-state index is 10.4. The standard InChI is InChI=1S/C33H40N8S/c1-39-15-10-25(11-16-39)37-33-28(21-35)32(40-18-13-36-14-19-40)26-12-17-41(22-29(26)38-33)30-8-5-9-31(27(30)20-34)42-23-24-6-3-2-4-7-24/h2-9,20,25,34,36H,10-19,22-23H2,1H3,(H,37,38). The van der Waals surface area contributed by atoms with Gasteiger partial charge in [0.25, 0.3) is 0 Å². The Bertz CT molecular complexity index is 1440. The van der Waals surface area contributed by atoms with Gasteiger partial charge in [0.1, 0.15) is 17.5 Å². The molecule has 6 rings (SSSR count). The summed E-state index contributed by atoms with van der Waals surface area (Å²) in [7, 11) is 2.17. The van der Waals surface area contributed by atoms with Gasteiger partial charge in [-0.15, -0.1) is 11.8 Å². The summed E-state index contributed by atoms with van der Waals surface area (Å²) in [4.78, 5) is 13.4. The Morgan fingerprint density at radius 1 is 1.05 bits per heavy atom. The molecule has 0 amide bonds. The van der Waals surface area contributed by atoms with E-state index in [2.05, 4.69) is 80.9 Å². The minimum absolute atomic E-state index is 0.317. The fourth-order valence-electron chi connectivity index (χ4n) is 6.37. The Balaban J connectivity index is 1.32. The number of fused-ring (bicyclic) bond motifs is 1. The van der Waals surface area contributed by atoms with E-state index in [1.54, 1.807) is 11.8 Å². The third-order valence-electron chi connectivity index (χ3n) is 8.70. The van der Waals surface area contributed by atoms with E-state index < -0.39 is 0 Å². The van der Waals surface area contributed by atoms with Crippen molar-refractivity contribution >= 4 is 35.2 Å². The first kappa shape index (κ1) is 28.5. The SMILES string of the molecule is CN1CCC(Nc2nc3c(c(N4CCNCC4)c2C#N)CCN(c2cccc(SCc4ccccc4)c2C=N)C3)CC1. The number of nitriles is 1. The van der Waals surface area contributed by atoms with E-state index in [1.807, 2.05) is 6.07 Å². The highest BCUT2D eigenvalue weighted by atomic mass is 32.2. The summed E-state index contributed by atoms with van der Waals surface area (Å²) < 4.78 is 0. The second-order valence-corrected chi connectivity index (χ2v) is 12.5. The highest BCUT2D eigenvalue weighted by Gasteiger charge is 2.30. The quantitative estimate of drug-likeness (QED) is 0.260. The molecule has 4 heterocycles. The van der Waals surface area contributed by atoms with E-state index in [4.69, 9.17) is 10.4 Å². The van der Waals surface area contributed by atoms with Crippen molar-refractivity contribution in [3.05, 3.63) is 76.5 Å². The van der Waals surface area contributed by atoms with E-state index in [0.717, 1.165) is 104 Å². The molecule has 1 aromatic heterocycles. The van der Waals surface area contributed by atoms with Crippen molar-refractivity contribution < 1.29 is 0 Å². The molecule has 42 heavy (non-hydrogen) atoms. The highest BCUT2D eigenvalue weighted by molar-refractivity contribution is 7.98. The largest absolute Gasteiger partial charge is 0.368 e. The second-order valence-electron chi connectivity index (χ2n) is 11.5. The Morgan fingerprint density at radius 2 is 1.83 bits per heavy atom. The Kier molecular flexibility index (Phi) is 8.94. The van der Waals surface area contributed by atoms with Crippen LogP contribution in [0.5, 0.6) is 0 Å². The number of thioether (sulfide) groups is 1. The van der Waals surface area contributed by atoms with Crippen molar-refractivity contribution in [2.24, 2.45) is 0 Å². The number of hydrogen-bond donors (Lipinski definition) is 3. The number of anilines is 3. The molecule has 3 aromatic rings. The minimum atomic E-state index is 0.317. The lowest BCUT2D eigenvalue weighted by Crippen LogP contribution is -2.45. The molecule has 9 heteroatoms. The van der Waals surface area contributed by atoms with Gasteiger partial charge in [-0.25, -0.2) is 4.98 Å². The van der Waals surface area contributed by atoms with Gasteiger partial charge in [0, 0.05) is 72.4 Å². The number of nitrogens with zero attached hydrogens (tertiary/aromatic N) is 5. The molecule has 3 aliphatic heterocycles. The average molecular weight is 581 g/mol. The summed E-state index contributed by atoms with van der Waals surface area (Å²) in [5, 5.41) is 26.0. The molecular weight excluding hydrogens is 540 g/mol. The average Bonchev–Trinajstić information content (AvgIpc) is 3.04. The van der Waals surface area contributed by atoms with Crippen LogP contribution in [0, 0.1) is 16.7 Å². The predicted octanol–water partition coefficient (Wildman–Crippen LogP) is 4.72. The number of likely N-dealkylation sites (tertiary alicyclic amines) is 1. The van der Waals surface area contributed by atoms with Crippen LogP contribution in [0.3, 0.4) is 0 Å². The summed E-state index contributed by atoms with van der Waals surface area (Å²) in [5.41, 5.74) is 7.35. The fourth-order valence-corrected chi connectivity index (χ4v) is 7.38. The molecular formula is C33H40N8S. The number of hydrogen-bond acceptors (Lipinski definition) is 9. The number of pyridine rings is 1. The van der Waals surface area contributed by atoms with Crippen molar-refractivity contribution in [2.75, 3.05) is 68.0 Å². The molecule has 8 nitrogen and oxygen atoms in total. The maximum absolute atomic E-state index is 10.4. The number of nitrogens with one attached hydrogen (secondary N) is 3. The molecule has 0 spiro atoms. The van der Waals surface area contributed by atoms with Crippen LogP contribution < -0.4 is 20.4 Å². The predicted molar refractivity (Wildman–Crippen MR) is 173 cm³/mol. The number of piperazine rings is 1. The number of rotatable bonds is 8. The molecule has 0 saturated carbocycles. The van der Waals surface area contributed by atoms with E-state index in [-0.39, 0.29) is 0 Å². The van der Waals surface area contributed by atoms with Crippen LogP contribution in [0.4, 0.5) is 17.2 Å². The molecule has 218 valence electrons. The minimum Gasteiger partial charge on any atom is -0.368 e. The zero-order valence-corrected chi connectivity index (χ0v) is 25.2. The van der Waals surface area contributed by atoms with E-state index in [0.29, 0.717) is 18.2 Å². The molecule has 2 fully saturated rings. The van der Waals surface area contributed by atoms with E-state index in [9.17, 15) is 5.26 Å². The second kappa shape index (κ2) is 13.2. The molecule has 2 aromatic carbocycles. The van der Waals surface area contributed by atoms with Crippen LogP contribution >= 0.6 is 11.8 Å². The van der Waals surface area contributed by atoms with Crippen molar-refractivity contribution in [3.63, 3.8) is 0 Å². The first-order valence-electron chi connectivity index (χ1n) is 15.1. The van der Waals surface area contributed by atoms with Crippen LogP contribution in [0.1, 0.15) is 40.8 Å². The third kappa shape index (κ3) is 6.12. The van der Waals surface area contributed by atoms with Crippen LogP contribution in [0.25, 0.3) is 0 Å². The van der Waals surface area contributed by atoms with Gasteiger partial charge in [-0.05, 0) is 57.1 Å². The normalized spacial score (nSPS) is 17.9. The lowest BCUT2D eigenvalue weighted by molar-refractivity contribution is 0.263. The first-order chi connectivity index (χ1) is 20.6. The van der Waals surface area contributed by atoms with Crippen LogP contribution in [0.15, 0.2) is 53.4 Å². The molecule has 0 unspecified atom stereocenters. The van der Waals surface area contributed by atoms with Gasteiger partial charge in [0.05, 0.1) is 17.9 Å². The third-order valence-corrected chi connectivity index (χ3v) is 9.84. The number of aromatic nitrogens is 1. The van der Waals surface area contributed by atoms with Crippen molar-refractivity contribution in [1.29, 1.82) is 10.7 Å². The summed E-state index contributed by atoms with van der Waals surface area (Å²) in [5.74, 6) is 1.60. The van der Waals surface area contributed by atoms with Crippen molar-refractivity contribution in [2.45, 2.75) is 42.5 Å². The molecule has 0 aliphatic carbocycles. The van der Waals surface area contributed by atoms with E-state index >= 15 is 0 Å². The zero-order valence-electron chi connectivity index (χ0n) is 24.4. The van der Waals surface area contributed by atoms with Crippen LogP contribution in [-0.2, 0) is 18.7 Å². The van der Waals surface area contributed by atoms with Crippen LogP contribution in [0.2, 0.25) is 0 Å². The monoisotopic (exact) mass is 580 g/mol. The Labute approximate surface area is 253 Å². The molecule has 3 N–H and O–H groups in total. The number of benzene rings is 2. The summed E-state index contributed by atoms with van der Waals surface area (Å²) >= 11 is 1.78. The lowest BCUT2D eigenvalue weighted by atomic mass is 9.96. The summed E-state index contributed by atoms with van der Waals surface area (Å²) in [6.07, 6.45) is 4.42. The van der Waals surface area contributed by atoms with Crippen molar-refractivity contribution in [1.82, 2.24) is 15.2 Å². The van der Waals surface area contributed by atoms with Gasteiger partial charge in [-0.2, -0.15) is 5.26 Å². The first-order valence-corrected chi connectivity index (χ1v) is 16.0. The van der Waals surface area contributed by atoms with Crippen LogP contribution in [-0.4, -0.2) is 75.0 Å². The van der Waals surface area contributed by atoms with E-state index in [1.165, 1.54) is 17.3 Å². The summed E-state index contributed by atoms with van der Waals surface area (Å²) in [6, 6.07) is 19.7. The summed E-state index contributed by atoms with van der Waals surface area (Å²) in [6.45, 7) is 7.21. The Morgan fingerprint density at radius 3 is 2.57 bits per heavy atom. The Hall–Kier alpha value is -3.58. The number of piperidine rings is 1. The van der Waals surface area contributed by atoms with Gasteiger partial charge < -0.3 is 30.7 Å². The lowest BCUT2D eigenvalue weighted by Gasteiger charge is -2.38. The molecule has 0 radical (unpaired) electrons. The smallest absolute Gasteiger partial charge is 0.146 e.